The Morgan fingerprint density at radius 2 is 2.47 bits per heavy atom. The van der Waals surface area contributed by atoms with Gasteiger partial charge in [-0.05, 0) is 12.1 Å². The van der Waals surface area contributed by atoms with Gasteiger partial charge in [-0.2, -0.15) is 4.73 Å². The van der Waals surface area contributed by atoms with Crippen LogP contribution in [0, 0.1) is 0 Å². The van der Waals surface area contributed by atoms with Crippen molar-refractivity contribution in [1.82, 2.24) is 9.71 Å². The van der Waals surface area contributed by atoms with E-state index in [2.05, 4.69) is 9.98 Å². The molecule has 0 bridgehead atoms. The zero-order chi connectivity index (χ0) is 10.7. The third-order valence-corrected chi connectivity index (χ3v) is 1.76. The van der Waals surface area contributed by atoms with Crippen LogP contribution in [0.25, 0.3) is 0 Å². The largest absolute Gasteiger partial charge is 0.467 e. The molecule has 3 N–H and O–H groups in total. The summed E-state index contributed by atoms with van der Waals surface area (Å²) in [5.74, 6) is 0.702. The Bertz CT molecular complexity index is 501. The maximum atomic E-state index is 9.37. The highest BCUT2D eigenvalue weighted by Gasteiger charge is 1.95. The van der Waals surface area contributed by atoms with Crippen LogP contribution in [-0.4, -0.2) is 14.9 Å². The van der Waals surface area contributed by atoms with Crippen LogP contribution in [0.3, 0.4) is 0 Å². The number of aromatic nitrogens is 2. The van der Waals surface area contributed by atoms with Gasteiger partial charge in [-0.15, -0.1) is 0 Å². The number of hydrogen-bond donors (Lipinski definition) is 2. The van der Waals surface area contributed by atoms with Crippen molar-refractivity contribution < 1.29 is 9.62 Å². The molecule has 6 heteroatoms. The highest BCUT2D eigenvalue weighted by atomic mass is 16.5. The molecular formula is C9H10N4O2. The van der Waals surface area contributed by atoms with Crippen LogP contribution >= 0.6 is 0 Å². The third kappa shape index (κ3) is 2.16. The average molecular weight is 206 g/mol. The average Bonchev–Trinajstić information content (AvgIpc) is 2.69. The molecule has 0 aliphatic heterocycles. The zero-order valence-electron chi connectivity index (χ0n) is 7.87. The van der Waals surface area contributed by atoms with Crippen molar-refractivity contribution >= 4 is 5.69 Å². The second-order valence-electron chi connectivity index (χ2n) is 2.93. The van der Waals surface area contributed by atoms with Gasteiger partial charge < -0.3 is 15.4 Å². The molecule has 2 aromatic rings. The van der Waals surface area contributed by atoms with E-state index in [1.54, 1.807) is 18.4 Å². The Morgan fingerprint density at radius 1 is 1.60 bits per heavy atom. The minimum atomic E-state index is 0.181. The van der Waals surface area contributed by atoms with Crippen LogP contribution < -0.4 is 11.4 Å². The number of nitrogen functional groups attached to an aromatic ring is 1. The van der Waals surface area contributed by atoms with Crippen LogP contribution in [0.4, 0.5) is 5.69 Å². The molecular weight excluding hydrogens is 196 g/mol. The first-order chi connectivity index (χ1) is 7.25. The van der Waals surface area contributed by atoms with Crippen LogP contribution in [0.15, 0.2) is 40.2 Å². The minimum Gasteiger partial charge on any atom is -0.467 e. The van der Waals surface area contributed by atoms with Gasteiger partial charge in [0.25, 0.3) is 5.62 Å². The highest BCUT2D eigenvalue weighted by Crippen LogP contribution is 2.00. The van der Waals surface area contributed by atoms with E-state index in [4.69, 9.17) is 10.2 Å². The molecule has 2 rings (SSSR count). The highest BCUT2D eigenvalue weighted by molar-refractivity contribution is 5.29. The molecule has 0 amide bonds. The Morgan fingerprint density at radius 3 is 3.13 bits per heavy atom. The van der Waals surface area contributed by atoms with Crippen molar-refractivity contribution in [2.75, 3.05) is 5.73 Å². The lowest BCUT2D eigenvalue weighted by Gasteiger charge is -1.98. The van der Waals surface area contributed by atoms with Crippen molar-refractivity contribution in [1.29, 1.82) is 0 Å². The maximum Gasteiger partial charge on any atom is 0.258 e. The molecule has 0 unspecified atom stereocenters. The van der Waals surface area contributed by atoms with Gasteiger partial charge in [-0.3, -0.25) is 0 Å². The molecule has 6 nitrogen and oxygen atoms in total. The van der Waals surface area contributed by atoms with Gasteiger partial charge in [-0.1, -0.05) is 0 Å². The van der Waals surface area contributed by atoms with Crippen molar-refractivity contribution in [3.63, 3.8) is 0 Å². The van der Waals surface area contributed by atoms with Crippen molar-refractivity contribution in [3.05, 3.63) is 42.2 Å². The number of nitrogens with two attached hydrogens (primary N) is 1. The van der Waals surface area contributed by atoms with E-state index in [9.17, 15) is 5.21 Å². The van der Waals surface area contributed by atoms with Crippen molar-refractivity contribution in [3.8, 4) is 0 Å². The summed E-state index contributed by atoms with van der Waals surface area (Å²) < 4.78 is 5.86. The third-order valence-electron chi connectivity index (χ3n) is 1.76. The fraction of sp³-hybridized carbons (Fsp3) is 0.111. The van der Waals surface area contributed by atoms with Gasteiger partial charge in [0.2, 0.25) is 0 Å². The number of furan rings is 1. The normalized spacial score (nSPS) is 11.9. The standard InChI is InChI=1S/C9H10N4O2/c10-7-4-11-9(13(14)6-7)12-5-8-2-1-3-15-8/h1-4,6,14H,5,10H2. The Balaban J connectivity index is 2.26. The molecule has 0 spiro atoms. The lowest BCUT2D eigenvalue weighted by Crippen LogP contribution is -2.22. The molecule has 0 atom stereocenters. The topological polar surface area (TPSA) is 89.6 Å². The first-order valence-electron chi connectivity index (χ1n) is 4.32. The van der Waals surface area contributed by atoms with E-state index >= 15 is 0 Å². The molecule has 2 heterocycles. The first-order valence-corrected chi connectivity index (χ1v) is 4.32. The summed E-state index contributed by atoms with van der Waals surface area (Å²) >= 11 is 0. The van der Waals surface area contributed by atoms with E-state index in [1.165, 1.54) is 12.4 Å². The number of anilines is 1. The fourth-order valence-corrected chi connectivity index (χ4v) is 1.09. The van der Waals surface area contributed by atoms with E-state index in [-0.39, 0.29) is 5.62 Å². The molecule has 0 radical (unpaired) electrons. The van der Waals surface area contributed by atoms with Gasteiger partial charge in [0.15, 0.2) is 0 Å². The Kier molecular flexibility index (Phi) is 2.40. The number of rotatable bonds is 2. The molecule has 78 valence electrons. The van der Waals surface area contributed by atoms with Gasteiger partial charge in [0, 0.05) is 0 Å². The molecule has 0 aliphatic carbocycles. The van der Waals surface area contributed by atoms with Crippen LogP contribution in [0.2, 0.25) is 0 Å². The minimum absolute atomic E-state index is 0.181. The summed E-state index contributed by atoms with van der Waals surface area (Å²) in [6.07, 6.45) is 4.32. The number of nitrogens with zero attached hydrogens (tertiary/aromatic N) is 3. The van der Waals surface area contributed by atoms with Gasteiger partial charge in [0.05, 0.1) is 24.3 Å². The molecule has 15 heavy (non-hydrogen) atoms. The SMILES string of the molecule is Nc1cnc(=NCc2ccco2)n(O)c1. The van der Waals surface area contributed by atoms with Gasteiger partial charge >= 0.3 is 0 Å². The molecule has 2 aromatic heterocycles. The van der Waals surface area contributed by atoms with Crippen LogP contribution in [0.5, 0.6) is 0 Å². The number of hydrogen-bond acceptors (Lipinski definition) is 5. The molecule has 0 saturated heterocycles. The van der Waals surface area contributed by atoms with Crippen molar-refractivity contribution in [2.24, 2.45) is 4.99 Å². The second kappa shape index (κ2) is 3.87. The Hall–Kier alpha value is -2.24. The van der Waals surface area contributed by atoms with E-state index in [0.29, 0.717) is 18.0 Å². The van der Waals surface area contributed by atoms with Gasteiger partial charge in [0.1, 0.15) is 12.3 Å². The second-order valence-corrected chi connectivity index (χ2v) is 2.93. The van der Waals surface area contributed by atoms with Crippen molar-refractivity contribution in [2.45, 2.75) is 6.54 Å². The predicted octanol–water partition coefficient (Wildman–Crippen LogP) is 0.396. The van der Waals surface area contributed by atoms with Crippen LogP contribution in [0.1, 0.15) is 5.76 Å². The molecule has 0 saturated carbocycles. The molecule has 0 aromatic carbocycles. The predicted molar refractivity (Wildman–Crippen MR) is 51.8 cm³/mol. The van der Waals surface area contributed by atoms with E-state index in [0.717, 1.165) is 4.73 Å². The lowest BCUT2D eigenvalue weighted by molar-refractivity contribution is 0.166. The maximum absolute atomic E-state index is 9.37. The Labute approximate surface area is 85.3 Å². The molecule has 0 aliphatic rings. The monoisotopic (exact) mass is 206 g/mol. The van der Waals surface area contributed by atoms with E-state index in [1.807, 2.05) is 0 Å². The smallest absolute Gasteiger partial charge is 0.258 e. The summed E-state index contributed by atoms with van der Waals surface area (Å²) in [6.45, 7) is 0.324. The fourth-order valence-electron chi connectivity index (χ4n) is 1.09. The summed E-state index contributed by atoms with van der Waals surface area (Å²) in [6, 6.07) is 3.57. The quantitative estimate of drug-likeness (QED) is 0.696. The first kappa shape index (κ1) is 9.32. The van der Waals surface area contributed by atoms with E-state index < -0.39 is 0 Å². The summed E-state index contributed by atoms with van der Waals surface area (Å²) in [4.78, 5) is 7.90. The van der Waals surface area contributed by atoms with Crippen LogP contribution in [-0.2, 0) is 6.54 Å². The zero-order valence-corrected chi connectivity index (χ0v) is 7.87. The summed E-state index contributed by atoms with van der Waals surface area (Å²) in [7, 11) is 0. The summed E-state index contributed by atoms with van der Waals surface area (Å²) in [5.41, 5.74) is 5.97. The molecule has 0 fully saturated rings. The van der Waals surface area contributed by atoms with Gasteiger partial charge in [-0.25, -0.2) is 9.98 Å². The lowest BCUT2D eigenvalue weighted by atomic mass is 10.5. The summed E-state index contributed by atoms with van der Waals surface area (Å²) in [5, 5.41) is 9.37.